The molecule has 1 heterocycles. The summed E-state index contributed by atoms with van der Waals surface area (Å²) in [5, 5.41) is 4.54. The molecule has 0 bridgehead atoms. The number of aryl methyl sites for hydroxylation is 2. The third-order valence-corrected chi connectivity index (χ3v) is 2.94. The normalized spacial score (nSPS) is 10.4. The third kappa shape index (κ3) is 2.39. The van der Waals surface area contributed by atoms with Crippen LogP contribution in [-0.4, -0.2) is 18.6 Å². The highest BCUT2D eigenvalue weighted by Crippen LogP contribution is 2.22. The second kappa shape index (κ2) is 5.37. The third-order valence-electron chi connectivity index (χ3n) is 2.94. The quantitative estimate of drug-likeness (QED) is 0.846. The van der Waals surface area contributed by atoms with E-state index in [0.717, 1.165) is 13.0 Å². The first-order valence-electron chi connectivity index (χ1n) is 5.45. The number of aromatic amines is 1. The van der Waals surface area contributed by atoms with Crippen molar-refractivity contribution in [1.29, 1.82) is 0 Å². The summed E-state index contributed by atoms with van der Waals surface area (Å²) in [6, 6.07) is 6.57. The van der Waals surface area contributed by atoms with Crippen LogP contribution in [0.15, 0.2) is 18.2 Å². The Morgan fingerprint density at radius 3 is 2.69 bits per heavy atom. The van der Waals surface area contributed by atoms with E-state index in [1.165, 1.54) is 27.7 Å². The molecular formula is C13H19ClN2. The first kappa shape index (κ1) is 13.1. The van der Waals surface area contributed by atoms with Crippen LogP contribution in [0.2, 0.25) is 0 Å². The Balaban J connectivity index is 0.00000128. The van der Waals surface area contributed by atoms with Crippen molar-refractivity contribution in [2.24, 2.45) is 0 Å². The molecule has 2 N–H and O–H groups in total. The van der Waals surface area contributed by atoms with Crippen molar-refractivity contribution in [3.8, 4) is 0 Å². The van der Waals surface area contributed by atoms with Gasteiger partial charge in [0.2, 0.25) is 0 Å². The molecule has 0 aliphatic heterocycles. The van der Waals surface area contributed by atoms with Gasteiger partial charge < -0.3 is 10.3 Å². The minimum atomic E-state index is 0. The van der Waals surface area contributed by atoms with E-state index in [-0.39, 0.29) is 12.4 Å². The Bertz CT molecular complexity index is 474. The first-order chi connectivity index (χ1) is 7.22. The highest BCUT2D eigenvalue weighted by Gasteiger charge is 2.06. The average Bonchev–Trinajstić information content (AvgIpc) is 2.53. The maximum absolute atomic E-state index is 3.49. The van der Waals surface area contributed by atoms with Crippen molar-refractivity contribution in [3.63, 3.8) is 0 Å². The molecule has 0 aliphatic carbocycles. The van der Waals surface area contributed by atoms with Crippen LogP contribution in [0.3, 0.4) is 0 Å². The van der Waals surface area contributed by atoms with Crippen molar-refractivity contribution in [3.05, 3.63) is 35.0 Å². The van der Waals surface area contributed by atoms with Gasteiger partial charge in [0.05, 0.1) is 0 Å². The van der Waals surface area contributed by atoms with Gasteiger partial charge in [-0.25, -0.2) is 0 Å². The maximum Gasteiger partial charge on any atom is 0.0459 e. The topological polar surface area (TPSA) is 27.8 Å². The lowest BCUT2D eigenvalue weighted by molar-refractivity contribution is 0.778. The number of halogens is 1. The Kier molecular flexibility index (Phi) is 4.39. The van der Waals surface area contributed by atoms with Crippen LogP contribution < -0.4 is 5.32 Å². The van der Waals surface area contributed by atoms with Gasteiger partial charge in [-0.2, -0.15) is 0 Å². The summed E-state index contributed by atoms with van der Waals surface area (Å²) < 4.78 is 0. The summed E-state index contributed by atoms with van der Waals surface area (Å²) in [6.07, 6.45) is 1.07. The van der Waals surface area contributed by atoms with Gasteiger partial charge in [0.15, 0.2) is 0 Å². The van der Waals surface area contributed by atoms with Crippen LogP contribution in [0, 0.1) is 13.8 Å². The predicted molar refractivity (Wildman–Crippen MR) is 72.7 cm³/mol. The van der Waals surface area contributed by atoms with E-state index in [1.54, 1.807) is 0 Å². The molecule has 1 aromatic heterocycles. The van der Waals surface area contributed by atoms with Crippen molar-refractivity contribution < 1.29 is 0 Å². The molecule has 3 heteroatoms. The highest BCUT2D eigenvalue weighted by atomic mass is 35.5. The van der Waals surface area contributed by atoms with Crippen LogP contribution >= 0.6 is 12.4 Å². The largest absolute Gasteiger partial charge is 0.358 e. The van der Waals surface area contributed by atoms with Gasteiger partial charge in [-0.15, -0.1) is 12.4 Å². The van der Waals surface area contributed by atoms with Crippen LogP contribution in [-0.2, 0) is 6.42 Å². The SMILES string of the molecule is CNCCc1[nH]c2ccc(C)cc2c1C.Cl. The number of nitrogens with one attached hydrogen (secondary N) is 2. The number of H-pyrrole nitrogens is 1. The smallest absolute Gasteiger partial charge is 0.0459 e. The van der Waals surface area contributed by atoms with E-state index in [1.807, 2.05) is 7.05 Å². The molecule has 0 saturated heterocycles. The maximum atomic E-state index is 3.49. The highest BCUT2D eigenvalue weighted by molar-refractivity contribution is 5.85. The molecule has 0 aliphatic rings. The van der Waals surface area contributed by atoms with Crippen LogP contribution in [0.4, 0.5) is 0 Å². The second-order valence-electron chi connectivity index (χ2n) is 4.13. The van der Waals surface area contributed by atoms with Crippen LogP contribution in [0.5, 0.6) is 0 Å². The Morgan fingerprint density at radius 1 is 1.25 bits per heavy atom. The van der Waals surface area contributed by atoms with Gasteiger partial charge in [-0.3, -0.25) is 0 Å². The zero-order chi connectivity index (χ0) is 10.8. The molecule has 0 atom stereocenters. The molecule has 0 saturated carbocycles. The number of benzene rings is 1. The molecule has 2 nitrogen and oxygen atoms in total. The van der Waals surface area contributed by atoms with Gasteiger partial charge in [0.1, 0.15) is 0 Å². The van der Waals surface area contributed by atoms with Crippen molar-refractivity contribution in [1.82, 2.24) is 10.3 Å². The van der Waals surface area contributed by atoms with E-state index in [0.29, 0.717) is 0 Å². The second-order valence-corrected chi connectivity index (χ2v) is 4.13. The van der Waals surface area contributed by atoms with E-state index in [4.69, 9.17) is 0 Å². The van der Waals surface area contributed by atoms with Gasteiger partial charge in [-0.05, 0) is 38.6 Å². The molecule has 0 amide bonds. The van der Waals surface area contributed by atoms with Gasteiger partial charge in [0, 0.05) is 29.6 Å². The number of fused-ring (bicyclic) bond motifs is 1. The fourth-order valence-corrected chi connectivity index (χ4v) is 2.00. The lowest BCUT2D eigenvalue weighted by atomic mass is 10.1. The fraction of sp³-hybridized carbons (Fsp3) is 0.385. The lowest BCUT2D eigenvalue weighted by Gasteiger charge is -1.98. The Morgan fingerprint density at radius 2 is 2.00 bits per heavy atom. The van der Waals surface area contributed by atoms with Crippen LogP contribution in [0.25, 0.3) is 10.9 Å². The summed E-state index contributed by atoms with van der Waals surface area (Å²) in [5.74, 6) is 0. The van der Waals surface area contributed by atoms with Gasteiger partial charge >= 0.3 is 0 Å². The fourth-order valence-electron chi connectivity index (χ4n) is 2.00. The molecule has 0 unspecified atom stereocenters. The zero-order valence-electron chi connectivity index (χ0n) is 10.1. The molecule has 0 radical (unpaired) electrons. The number of rotatable bonds is 3. The van der Waals surface area contributed by atoms with Crippen LogP contribution in [0.1, 0.15) is 16.8 Å². The monoisotopic (exact) mass is 238 g/mol. The van der Waals surface area contributed by atoms with E-state index in [9.17, 15) is 0 Å². The summed E-state index contributed by atoms with van der Waals surface area (Å²) in [6.45, 7) is 5.36. The molecule has 0 spiro atoms. The summed E-state index contributed by atoms with van der Waals surface area (Å²) in [7, 11) is 1.99. The average molecular weight is 239 g/mol. The molecule has 16 heavy (non-hydrogen) atoms. The minimum Gasteiger partial charge on any atom is -0.358 e. The molecule has 1 aromatic carbocycles. The summed E-state index contributed by atoms with van der Waals surface area (Å²) >= 11 is 0. The summed E-state index contributed by atoms with van der Waals surface area (Å²) in [4.78, 5) is 3.49. The number of hydrogen-bond donors (Lipinski definition) is 2. The van der Waals surface area contributed by atoms with Crippen molar-refractivity contribution >= 4 is 23.3 Å². The van der Waals surface area contributed by atoms with Crippen molar-refractivity contribution in [2.45, 2.75) is 20.3 Å². The van der Waals surface area contributed by atoms with E-state index in [2.05, 4.69) is 42.3 Å². The molecule has 2 aromatic rings. The zero-order valence-corrected chi connectivity index (χ0v) is 10.9. The lowest BCUT2D eigenvalue weighted by Crippen LogP contribution is -2.10. The van der Waals surface area contributed by atoms with Crippen molar-refractivity contribution in [2.75, 3.05) is 13.6 Å². The van der Waals surface area contributed by atoms with Gasteiger partial charge in [0.25, 0.3) is 0 Å². The molecule has 2 rings (SSSR count). The Hall–Kier alpha value is -0.990. The van der Waals surface area contributed by atoms with E-state index < -0.39 is 0 Å². The van der Waals surface area contributed by atoms with E-state index >= 15 is 0 Å². The molecule has 0 fully saturated rings. The number of likely N-dealkylation sites (N-methyl/N-ethyl adjacent to an activating group) is 1. The van der Waals surface area contributed by atoms with Gasteiger partial charge in [-0.1, -0.05) is 11.6 Å². The molecular weight excluding hydrogens is 220 g/mol. The number of hydrogen-bond acceptors (Lipinski definition) is 1. The standard InChI is InChI=1S/C13H18N2.ClH/c1-9-4-5-13-11(8-9)10(2)12(15-13)6-7-14-3;/h4-5,8,14-15H,6-7H2,1-3H3;1H. The number of aromatic nitrogens is 1. The molecule has 88 valence electrons. The summed E-state index contributed by atoms with van der Waals surface area (Å²) in [5.41, 5.74) is 5.32. The predicted octanol–water partition coefficient (Wildman–Crippen LogP) is 2.97. The minimum absolute atomic E-state index is 0. The Labute approximate surface area is 103 Å². The first-order valence-corrected chi connectivity index (χ1v) is 5.45.